The van der Waals surface area contributed by atoms with Crippen LogP contribution in [0.25, 0.3) is 22.6 Å². The quantitative estimate of drug-likeness (QED) is 0.399. The van der Waals surface area contributed by atoms with E-state index in [1.54, 1.807) is 12.4 Å². The van der Waals surface area contributed by atoms with Gasteiger partial charge in [-0.05, 0) is 42.0 Å². The Morgan fingerprint density at radius 2 is 1.83 bits per heavy atom. The number of carbonyl (C=O) groups excluding carboxylic acids is 1. The van der Waals surface area contributed by atoms with Crippen molar-refractivity contribution in [3.05, 3.63) is 78.5 Å². The lowest BCUT2D eigenvalue weighted by Crippen LogP contribution is -2.23. The maximum atomic E-state index is 12.6. The summed E-state index contributed by atoms with van der Waals surface area (Å²) in [6, 6.07) is 21.3. The van der Waals surface area contributed by atoms with Gasteiger partial charge in [0.25, 0.3) is 5.91 Å². The van der Waals surface area contributed by atoms with E-state index in [4.69, 9.17) is 0 Å². The lowest BCUT2D eigenvalue weighted by atomic mass is 10.2. The number of amides is 1. The Kier molecular flexibility index (Phi) is 5.52. The summed E-state index contributed by atoms with van der Waals surface area (Å²) in [5, 5.41) is 4.09. The van der Waals surface area contributed by atoms with Crippen molar-refractivity contribution in [2.75, 3.05) is 19.0 Å². The van der Waals surface area contributed by atoms with Gasteiger partial charge in [0, 0.05) is 26.0 Å². The lowest BCUT2D eigenvalue weighted by molar-refractivity contribution is -0.121. The molecular weight excluding hydrogens is 376 g/mol. The maximum absolute atomic E-state index is 12.6. The third-order valence-corrected chi connectivity index (χ3v) is 4.66. The number of anilines is 1. The SMILES string of the molecule is CN(C)c1ccc(C=NNC(=O)Cn2c(-c3ccccn3)nc3ccccc32)cc1. The van der Waals surface area contributed by atoms with Crippen LogP contribution in [-0.2, 0) is 11.3 Å². The Morgan fingerprint density at radius 3 is 2.57 bits per heavy atom. The van der Waals surface area contributed by atoms with E-state index >= 15 is 0 Å². The Labute approximate surface area is 174 Å². The average Bonchev–Trinajstić information content (AvgIpc) is 3.13. The van der Waals surface area contributed by atoms with Gasteiger partial charge >= 0.3 is 0 Å². The van der Waals surface area contributed by atoms with Crippen LogP contribution in [-0.4, -0.2) is 40.8 Å². The van der Waals surface area contributed by atoms with Gasteiger partial charge in [0.1, 0.15) is 12.2 Å². The number of fused-ring (bicyclic) bond motifs is 1. The second kappa shape index (κ2) is 8.57. The molecule has 0 spiro atoms. The fraction of sp³-hybridized carbons (Fsp3) is 0.130. The van der Waals surface area contributed by atoms with E-state index in [9.17, 15) is 4.79 Å². The Morgan fingerprint density at radius 1 is 1.07 bits per heavy atom. The van der Waals surface area contributed by atoms with Crippen molar-refractivity contribution in [3.63, 3.8) is 0 Å². The number of hydrazone groups is 1. The van der Waals surface area contributed by atoms with Gasteiger partial charge in [-0.15, -0.1) is 0 Å². The molecule has 0 saturated heterocycles. The van der Waals surface area contributed by atoms with Gasteiger partial charge in [0.05, 0.1) is 17.2 Å². The molecule has 0 fully saturated rings. The van der Waals surface area contributed by atoms with Crippen molar-refractivity contribution >= 4 is 28.8 Å². The zero-order chi connectivity index (χ0) is 20.9. The molecule has 7 nitrogen and oxygen atoms in total. The Bertz CT molecular complexity index is 1180. The molecule has 0 saturated carbocycles. The number of aromatic nitrogens is 3. The molecule has 4 aromatic rings. The fourth-order valence-corrected chi connectivity index (χ4v) is 3.14. The largest absolute Gasteiger partial charge is 0.378 e. The molecule has 0 aliphatic heterocycles. The van der Waals surface area contributed by atoms with E-state index in [0.29, 0.717) is 11.5 Å². The number of imidazole rings is 1. The number of rotatable bonds is 6. The third-order valence-electron chi connectivity index (χ3n) is 4.66. The minimum Gasteiger partial charge on any atom is -0.378 e. The van der Waals surface area contributed by atoms with Crippen molar-refractivity contribution in [3.8, 4) is 11.5 Å². The van der Waals surface area contributed by atoms with Crippen molar-refractivity contribution in [2.24, 2.45) is 5.10 Å². The predicted octanol–water partition coefficient (Wildman–Crippen LogP) is 3.31. The summed E-state index contributed by atoms with van der Waals surface area (Å²) in [6.07, 6.45) is 3.34. The number of benzene rings is 2. The van der Waals surface area contributed by atoms with Gasteiger partial charge in [-0.25, -0.2) is 10.4 Å². The van der Waals surface area contributed by atoms with Crippen LogP contribution < -0.4 is 10.3 Å². The number of pyridine rings is 1. The number of nitrogens with zero attached hydrogens (tertiary/aromatic N) is 5. The van der Waals surface area contributed by atoms with E-state index in [1.165, 1.54) is 0 Å². The summed E-state index contributed by atoms with van der Waals surface area (Å²) >= 11 is 0. The van der Waals surface area contributed by atoms with E-state index < -0.39 is 0 Å². The first-order chi connectivity index (χ1) is 14.6. The smallest absolute Gasteiger partial charge is 0.260 e. The normalized spacial score (nSPS) is 11.1. The first kappa shape index (κ1) is 19.3. The second-order valence-electron chi connectivity index (χ2n) is 7.00. The van der Waals surface area contributed by atoms with Gasteiger partial charge in [0.15, 0.2) is 5.82 Å². The standard InChI is InChI=1S/C23H22N6O/c1-28(2)18-12-10-17(11-13-18)15-25-27-22(30)16-29-21-9-4-3-7-19(21)26-23(29)20-8-5-6-14-24-20/h3-15H,16H2,1-2H3,(H,27,30). The van der Waals surface area contributed by atoms with E-state index in [1.807, 2.05) is 90.3 Å². The molecule has 0 unspecified atom stereocenters. The molecule has 1 N–H and O–H groups in total. The van der Waals surface area contributed by atoms with Crippen molar-refractivity contribution in [1.29, 1.82) is 0 Å². The molecule has 0 aliphatic rings. The topological polar surface area (TPSA) is 75.4 Å². The first-order valence-electron chi connectivity index (χ1n) is 9.58. The zero-order valence-corrected chi connectivity index (χ0v) is 16.9. The fourth-order valence-electron chi connectivity index (χ4n) is 3.14. The summed E-state index contributed by atoms with van der Waals surface area (Å²) in [5.74, 6) is 0.409. The molecule has 2 aromatic carbocycles. The monoisotopic (exact) mass is 398 g/mol. The van der Waals surface area contributed by atoms with Crippen LogP contribution in [0, 0.1) is 0 Å². The molecule has 0 atom stereocenters. The predicted molar refractivity (Wildman–Crippen MR) is 119 cm³/mol. The summed E-state index contributed by atoms with van der Waals surface area (Å²) in [6.45, 7) is 0.0866. The molecule has 0 aliphatic carbocycles. The molecule has 150 valence electrons. The van der Waals surface area contributed by atoms with Crippen molar-refractivity contribution in [1.82, 2.24) is 20.0 Å². The third kappa shape index (κ3) is 4.20. The van der Waals surface area contributed by atoms with Crippen LogP contribution in [0.3, 0.4) is 0 Å². The van der Waals surface area contributed by atoms with Crippen LogP contribution in [0.4, 0.5) is 5.69 Å². The molecule has 2 heterocycles. The molecule has 0 radical (unpaired) electrons. The van der Waals surface area contributed by atoms with E-state index in [-0.39, 0.29) is 12.5 Å². The van der Waals surface area contributed by atoms with Crippen LogP contribution >= 0.6 is 0 Å². The average molecular weight is 398 g/mol. The summed E-state index contributed by atoms with van der Waals surface area (Å²) in [4.78, 5) is 23.6. The van der Waals surface area contributed by atoms with Gasteiger partial charge in [-0.3, -0.25) is 9.78 Å². The Balaban J connectivity index is 1.52. The number of nitrogens with one attached hydrogen (secondary N) is 1. The van der Waals surface area contributed by atoms with Crippen molar-refractivity contribution < 1.29 is 4.79 Å². The van der Waals surface area contributed by atoms with Gasteiger partial charge in [0.2, 0.25) is 0 Å². The Hall–Kier alpha value is -4.00. The summed E-state index contributed by atoms with van der Waals surface area (Å²) in [5.41, 5.74) is 7.01. The van der Waals surface area contributed by atoms with Crippen LogP contribution in [0.2, 0.25) is 0 Å². The molecule has 1 amide bonds. The van der Waals surface area contributed by atoms with Crippen LogP contribution in [0.1, 0.15) is 5.56 Å². The molecular formula is C23H22N6O. The number of carbonyl (C=O) groups is 1. The second-order valence-corrected chi connectivity index (χ2v) is 7.00. The number of hydrogen-bond donors (Lipinski definition) is 1. The maximum Gasteiger partial charge on any atom is 0.260 e. The summed E-state index contributed by atoms with van der Waals surface area (Å²) in [7, 11) is 3.98. The molecule has 7 heteroatoms. The van der Waals surface area contributed by atoms with Crippen LogP contribution in [0.5, 0.6) is 0 Å². The van der Waals surface area contributed by atoms with E-state index in [2.05, 4.69) is 20.5 Å². The van der Waals surface area contributed by atoms with Gasteiger partial charge < -0.3 is 9.47 Å². The van der Waals surface area contributed by atoms with E-state index in [0.717, 1.165) is 22.3 Å². The highest BCUT2D eigenvalue weighted by molar-refractivity contribution is 5.85. The first-order valence-corrected chi connectivity index (χ1v) is 9.58. The minimum absolute atomic E-state index is 0.0866. The summed E-state index contributed by atoms with van der Waals surface area (Å²) < 4.78 is 1.86. The van der Waals surface area contributed by atoms with Crippen LogP contribution in [0.15, 0.2) is 78.0 Å². The molecule has 30 heavy (non-hydrogen) atoms. The van der Waals surface area contributed by atoms with Crippen molar-refractivity contribution in [2.45, 2.75) is 6.54 Å². The molecule has 0 bridgehead atoms. The highest BCUT2D eigenvalue weighted by atomic mass is 16.2. The number of hydrogen-bond acceptors (Lipinski definition) is 5. The molecule has 4 rings (SSSR count). The zero-order valence-electron chi connectivity index (χ0n) is 16.9. The highest BCUT2D eigenvalue weighted by Crippen LogP contribution is 2.23. The minimum atomic E-state index is -0.239. The molecule has 2 aromatic heterocycles. The van der Waals surface area contributed by atoms with Gasteiger partial charge in [-0.2, -0.15) is 5.10 Å². The van der Waals surface area contributed by atoms with Gasteiger partial charge in [-0.1, -0.05) is 30.3 Å². The highest BCUT2D eigenvalue weighted by Gasteiger charge is 2.15. The lowest BCUT2D eigenvalue weighted by Gasteiger charge is -2.11. The number of para-hydroxylation sites is 2.